The monoisotopic (exact) mass is 1090 g/mol. The zero-order valence-corrected chi connectivity index (χ0v) is 49.3. The minimum atomic E-state index is -4.40. The molecule has 0 spiro atoms. The molecule has 0 bridgehead atoms. The van der Waals surface area contributed by atoms with Gasteiger partial charge in [-0.2, -0.15) is 0 Å². The highest BCUT2D eigenvalue weighted by Gasteiger charge is 2.26. The van der Waals surface area contributed by atoms with Crippen LogP contribution >= 0.6 is 7.82 Å². The summed E-state index contributed by atoms with van der Waals surface area (Å²) in [6.07, 6.45) is 88.8. The van der Waals surface area contributed by atoms with E-state index in [1.54, 1.807) is 0 Å². The molecule has 2 atom stereocenters. The lowest BCUT2D eigenvalue weighted by molar-refractivity contribution is -0.161. The molecule has 0 aromatic carbocycles. The maximum Gasteiger partial charge on any atom is 0.472 e. The minimum absolute atomic E-state index is 0.0414. The Hall–Kier alpha value is -4.37. The number of nitrogens with two attached hydrogens (primary N) is 1. The van der Waals surface area contributed by atoms with Crippen molar-refractivity contribution in [2.75, 3.05) is 26.4 Å². The molecular formula is C67H108NO8P. The molecule has 0 radical (unpaired) electrons. The number of ether oxygens (including phenoxy) is 2. The van der Waals surface area contributed by atoms with Crippen LogP contribution in [0.3, 0.4) is 0 Å². The average Bonchev–Trinajstić information content (AvgIpc) is 3.42. The molecule has 0 aliphatic rings. The fraction of sp³-hybridized carbons (Fsp3) is 0.582. The molecule has 0 aromatic heterocycles. The quantitative estimate of drug-likeness (QED) is 0.0264. The number of carbonyl (C=O) groups excluding carboxylic acids is 2. The highest BCUT2D eigenvalue weighted by molar-refractivity contribution is 7.47. The first-order chi connectivity index (χ1) is 37.8. The molecule has 434 valence electrons. The van der Waals surface area contributed by atoms with Gasteiger partial charge in [0.25, 0.3) is 0 Å². The van der Waals surface area contributed by atoms with Crippen LogP contribution in [0.4, 0.5) is 0 Å². The van der Waals surface area contributed by atoms with Crippen LogP contribution in [0, 0.1) is 0 Å². The molecule has 0 aliphatic heterocycles. The van der Waals surface area contributed by atoms with Crippen LogP contribution in [0.5, 0.6) is 0 Å². The number of esters is 2. The number of rotatable bonds is 54. The van der Waals surface area contributed by atoms with Crippen molar-refractivity contribution in [2.45, 2.75) is 225 Å². The molecule has 0 amide bonds. The van der Waals surface area contributed by atoms with E-state index >= 15 is 0 Å². The van der Waals surface area contributed by atoms with Gasteiger partial charge in [-0.1, -0.05) is 242 Å². The Balaban J connectivity index is 3.99. The highest BCUT2D eigenvalue weighted by atomic mass is 31.2. The van der Waals surface area contributed by atoms with Gasteiger partial charge in [0.1, 0.15) is 6.61 Å². The predicted octanol–water partition coefficient (Wildman–Crippen LogP) is 19.3. The smallest absolute Gasteiger partial charge is 0.462 e. The second kappa shape index (κ2) is 60.9. The number of unbranched alkanes of at least 4 members (excludes halogenated alkanes) is 15. The van der Waals surface area contributed by atoms with E-state index in [1.165, 1.54) is 44.9 Å². The average molecular weight is 1090 g/mol. The normalized spacial score (nSPS) is 14.2. The number of hydrogen-bond acceptors (Lipinski definition) is 8. The molecule has 0 aromatic rings. The van der Waals surface area contributed by atoms with Gasteiger partial charge in [-0.3, -0.25) is 18.6 Å². The highest BCUT2D eigenvalue weighted by Crippen LogP contribution is 2.43. The van der Waals surface area contributed by atoms with E-state index in [4.69, 9.17) is 24.3 Å². The Bertz CT molecular complexity index is 1810. The van der Waals surface area contributed by atoms with E-state index < -0.39 is 32.5 Å². The van der Waals surface area contributed by atoms with Crippen LogP contribution < -0.4 is 5.73 Å². The molecule has 0 saturated carbocycles. The zero-order valence-electron chi connectivity index (χ0n) is 48.4. The van der Waals surface area contributed by atoms with Crippen molar-refractivity contribution in [2.24, 2.45) is 5.73 Å². The summed E-state index contributed by atoms with van der Waals surface area (Å²) >= 11 is 0. The maximum absolute atomic E-state index is 12.7. The third-order valence-corrected chi connectivity index (χ3v) is 12.9. The largest absolute Gasteiger partial charge is 0.472 e. The summed E-state index contributed by atoms with van der Waals surface area (Å²) in [6.45, 7) is 3.46. The first kappa shape index (κ1) is 72.6. The Labute approximate surface area is 470 Å². The van der Waals surface area contributed by atoms with Gasteiger partial charge in [0, 0.05) is 19.4 Å². The van der Waals surface area contributed by atoms with Gasteiger partial charge >= 0.3 is 19.8 Å². The Morgan fingerprint density at radius 3 is 1.00 bits per heavy atom. The van der Waals surface area contributed by atoms with E-state index in [1.807, 2.05) is 0 Å². The van der Waals surface area contributed by atoms with Crippen LogP contribution in [-0.2, 0) is 32.7 Å². The topological polar surface area (TPSA) is 134 Å². The summed E-state index contributed by atoms with van der Waals surface area (Å²) in [4.78, 5) is 35.2. The third-order valence-electron chi connectivity index (χ3n) is 11.9. The Morgan fingerprint density at radius 1 is 0.390 bits per heavy atom. The molecule has 9 nitrogen and oxygen atoms in total. The number of carbonyl (C=O) groups is 2. The molecular weight excluding hydrogens is 978 g/mol. The third kappa shape index (κ3) is 60.7. The first-order valence-electron chi connectivity index (χ1n) is 30.0. The Morgan fingerprint density at radius 2 is 0.675 bits per heavy atom. The summed E-state index contributed by atoms with van der Waals surface area (Å²) in [6, 6.07) is 0. The second-order valence-corrected chi connectivity index (χ2v) is 20.6. The van der Waals surface area contributed by atoms with E-state index in [0.717, 1.165) is 135 Å². The maximum atomic E-state index is 12.7. The summed E-state index contributed by atoms with van der Waals surface area (Å²) in [5, 5.41) is 0. The lowest BCUT2D eigenvalue weighted by Crippen LogP contribution is -2.29. The molecule has 0 aliphatic carbocycles. The fourth-order valence-corrected chi connectivity index (χ4v) is 8.32. The van der Waals surface area contributed by atoms with Gasteiger partial charge in [-0.25, -0.2) is 4.57 Å². The summed E-state index contributed by atoms with van der Waals surface area (Å²) < 4.78 is 33.0. The van der Waals surface area contributed by atoms with Crippen LogP contribution in [0.25, 0.3) is 0 Å². The summed E-state index contributed by atoms with van der Waals surface area (Å²) in [5.41, 5.74) is 5.38. The molecule has 2 unspecified atom stereocenters. The van der Waals surface area contributed by atoms with Gasteiger partial charge in [-0.05, 0) is 122 Å². The van der Waals surface area contributed by atoms with Crippen molar-refractivity contribution in [3.8, 4) is 0 Å². The van der Waals surface area contributed by atoms with Gasteiger partial charge in [0.05, 0.1) is 13.2 Å². The lowest BCUT2D eigenvalue weighted by atomic mass is 10.0. The van der Waals surface area contributed by atoms with Crippen molar-refractivity contribution >= 4 is 19.8 Å². The fourth-order valence-electron chi connectivity index (χ4n) is 7.56. The zero-order chi connectivity index (χ0) is 55.9. The van der Waals surface area contributed by atoms with E-state index in [2.05, 4.69) is 172 Å². The van der Waals surface area contributed by atoms with E-state index in [-0.39, 0.29) is 32.6 Å². The number of phosphoric ester groups is 1. The summed E-state index contributed by atoms with van der Waals surface area (Å²) in [5.74, 6) is -0.870. The van der Waals surface area contributed by atoms with Crippen LogP contribution in [0.15, 0.2) is 158 Å². The second-order valence-electron chi connectivity index (χ2n) is 19.1. The standard InChI is InChI=1S/C67H108NO8P/c1-3-5-7-9-11-13-15-17-19-21-22-23-24-25-26-27-28-29-30-31-32-33-34-35-36-37-38-39-40-41-42-44-46-48-50-52-54-56-58-60-67(70)76-65(64-75-77(71,72)74-62-61-68)63-73-66(69)59-57-55-53-51-49-47-45-43-20-18-16-14-12-10-8-6-4-2/h5-8,11-14,17-20,22-23,25-26,28-29,31-32,34-35,37-38,45,47,65H,3-4,9-10,15-16,21,24,27,30,33,36,39-44,46,48-64,68H2,1-2H3,(H,71,72)/b7-5-,8-6-,13-11-,14-12-,19-17-,20-18-,23-22-,26-25-,29-28-,32-31-,35-34-,38-37-,47-45-. The van der Waals surface area contributed by atoms with Crippen LogP contribution in [0.2, 0.25) is 0 Å². The molecule has 0 heterocycles. The molecule has 77 heavy (non-hydrogen) atoms. The number of phosphoric acid groups is 1. The van der Waals surface area contributed by atoms with Crippen molar-refractivity contribution in [3.05, 3.63) is 158 Å². The minimum Gasteiger partial charge on any atom is -0.462 e. The van der Waals surface area contributed by atoms with Crippen molar-refractivity contribution in [1.82, 2.24) is 0 Å². The van der Waals surface area contributed by atoms with Crippen molar-refractivity contribution in [1.29, 1.82) is 0 Å². The van der Waals surface area contributed by atoms with Gasteiger partial charge in [0.15, 0.2) is 6.10 Å². The van der Waals surface area contributed by atoms with Crippen molar-refractivity contribution in [3.63, 3.8) is 0 Å². The van der Waals surface area contributed by atoms with E-state index in [0.29, 0.717) is 12.8 Å². The van der Waals surface area contributed by atoms with Crippen LogP contribution in [0.1, 0.15) is 219 Å². The molecule has 10 heteroatoms. The molecule has 3 N–H and O–H groups in total. The molecule has 0 fully saturated rings. The van der Waals surface area contributed by atoms with Gasteiger partial charge < -0.3 is 20.1 Å². The lowest BCUT2D eigenvalue weighted by Gasteiger charge is -2.19. The Kier molecular flexibility index (Phi) is 57.4. The van der Waals surface area contributed by atoms with Crippen molar-refractivity contribution < 1.29 is 37.6 Å². The summed E-state index contributed by atoms with van der Waals surface area (Å²) in [7, 11) is -4.40. The number of hydrogen-bond donors (Lipinski definition) is 2. The number of allylic oxidation sites excluding steroid dienone is 26. The molecule has 0 saturated heterocycles. The molecule has 0 rings (SSSR count). The first-order valence-corrected chi connectivity index (χ1v) is 31.5. The predicted molar refractivity (Wildman–Crippen MR) is 330 cm³/mol. The SMILES string of the molecule is CC/C=C\C/C=C\C/C=C\C/C=C\C/C=C\C/C=C\C/C=C\C/C=C\C/C=C\CCCCCCCCCCCCCC(=O)OC(COC(=O)CCCCCC/C=C\C/C=C\C/C=C\C/C=C\CC)COP(=O)(O)OCCN. The van der Waals surface area contributed by atoms with Gasteiger partial charge in [-0.15, -0.1) is 0 Å². The van der Waals surface area contributed by atoms with E-state index in [9.17, 15) is 19.0 Å². The van der Waals surface area contributed by atoms with Gasteiger partial charge in [0.2, 0.25) is 0 Å². The van der Waals surface area contributed by atoms with Crippen LogP contribution in [-0.4, -0.2) is 49.3 Å².